The van der Waals surface area contributed by atoms with Crippen LogP contribution in [0.1, 0.15) is 70.4 Å². The summed E-state index contributed by atoms with van der Waals surface area (Å²) in [7, 11) is 1.83. The number of oxime groups is 1. The Bertz CT molecular complexity index is 3670. The van der Waals surface area contributed by atoms with Crippen molar-refractivity contribution in [2.45, 2.75) is 108 Å². The van der Waals surface area contributed by atoms with Crippen molar-refractivity contribution >= 4 is 134 Å². The van der Waals surface area contributed by atoms with Crippen LogP contribution < -0.4 is 80.6 Å². The Hall–Kier alpha value is -9.99. The third-order valence-corrected chi connectivity index (χ3v) is 20.1. The lowest BCUT2D eigenvalue weighted by Crippen LogP contribution is -2.60. The fourth-order valence-corrected chi connectivity index (χ4v) is 13.7. The number of Topliss-reactive ketones (excluding diaryl/α,β-unsaturated/α-hetero) is 1. The molecule has 0 aromatic heterocycles. The van der Waals surface area contributed by atoms with Gasteiger partial charge in [0.2, 0.25) is 70.9 Å². The number of guanidine groups is 1. The molecule has 48 heteroatoms. The van der Waals surface area contributed by atoms with Gasteiger partial charge in [-0.15, -0.1) is 11.8 Å². The second-order valence-electron chi connectivity index (χ2n) is 27.1. The molecule has 0 unspecified atom stereocenters. The molecule has 0 aliphatic carbocycles. The number of likely N-dealkylation sites (N-methyl/N-ethyl adjacent to an activating group) is 1. The van der Waals surface area contributed by atoms with Crippen molar-refractivity contribution in [1.29, 1.82) is 0 Å². The monoisotopic (exact) mass is 1840 g/mol. The summed E-state index contributed by atoms with van der Waals surface area (Å²) in [5.41, 5.74) is 12.2. The number of ketones is 1. The van der Waals surface area contributed by atoms with E-state index >= 15 is 0 Å². The van der Waals surface area contributed by atoms with Gasteiger partial charge >= 0.3 is 5.97 Å². The maximum atomic E-state index is 14.5. The molecular formula is C78H122FN17O27S3. The number of nitrogens with two attached hydrogens (primary N) is 2. The number of nitrogens with one attached hydrogen (secondary N) is 13. The van der Waals surface area contributed by atoms with E-state index in [9.17, 15) is 81.4 Å². The van der Waals surface area contributed by atoms with Crippen LogP contribution in [0.5, 0.6) is 0 Å². The molecule has 2 bridgehead atoms. The number of halogens is 1. The number of aliphatic carboxylic acids is 1. The number of carboxylic acid groups (broad SMARTS) is 1. The highest BCUT2D eigenvalue weighted by Gasteiger charge is 2.36. The summed E-state index contributed by atoms with van der Waals surface area (Å²) >= 11 is 0.920. The molecule has 2 aromatic rings. The first-order chi connectivity index (χ1) is 60.8. The number of rotatable bonds is 55. The molecule has 0 spiro atoms. The van der Waals surface area contributed by atoms with Gasteiger partial charge in [-0.1, -0.05) is 69.2 Å². The van der Waals surface area contributed by atoms with Crippen molar-refractivity contribution in [3.8, 4) is 0 Å². The lowest BCUT2D eigenvalue weighted by molar-refractivity contribution is -0.141. The molecule has 0 radical (unpaired) electrons. The van der Waals surface area contributed by atoms with Crippen LogP contribution in [0, 0.1) is 5.82 Å². The fraction of sp³-hybridized carbons (Fsp3) is 0.628. The first kappa shape index (κ1) is 110. The van der Waals surface area contributed by atoms with E-state index < -0.39 is 139 Å². The van der Waals surface area contributed by atoms with Gasteiger partial charge in [-0.2, -0.15) is 0 Å². The Labute approximate surface area is 742 Å². The Balaban J connectivity index is 0.00000180. The summed E-state index contributed by atoms with van der Waals surface area (Å²) in [6, 6.07) is 3.71. The minimum atomic E-state index is -1.81. The lowest BCUT2D eigenvalue weighted by Gasteiger charge is -2.27. The summed E-state index contributed by atoms with van der Waals surface area (Å²) in [6.45, 7) is 9.96. The predicted molar refractivity (Wildman–Crippen MR) is 460 cm³/mol. The summed E-state index contributed by atoms with van der Waals surface area (Å²) < 4.78 is 66.1. The first-order valence-electron chi connectivity index (χ1n) is 40.8. The Morgan fingerprint density at radius 2 is 0.960 bits per heavy atom. The number of amides is 13. The van der Waals surface area contributed by atoms with E-state index in [0.717, 1.165) is 33.3 Å². The summed E-state index contributed by atoms with van der Waals surface area (Å²) in [5.74, 6) is -13.2. The molecule has 2 fully saturated rings. The quantitative estimate of drug-likeness (QED) is 0.00971. The van der Waals surface area contributed by atoms with Gasteiger partial charge in [-0.05, 0) is 76.1 Å². The van der Waals surface area contributed by atoms with Gasteiger partial charge in [-0.25, -0.2) is 4.39 Å². The Morgan fingerprint density at radius 1 is 0.492 bits per heavy atom. The number of nitrogens with zero attached hydrogens (tertiary/aromatic N) is 2. The summed E-state index contributed by atoms with van der Waals surface area (Å²) in [5, 5.41) is 47.0. The molecule has 2 aliphatic heterocycles. The van der Waals surface area contributed by atoms with Crippen molar-refractivity contribution in [1.82, 2.24) is 69.1 Å². The van der Waals surface area contributed by atoms with E-state index in [4.69, 9.17) is 63.7 Å². The van der Waals surface area contributed by atoms with Crippen molar-refractivity contribution in [3.05, 3.63) is 71.5 Å². The fourth-order valence-electron chi connectivity index (χ4n) is 10.5. The Kier molecular flexibility index (Phi) is 61.3. The van der Waals surface area contributed by atoms with Gasteiger partial charge in [0.05, 0.1) is 124 Å². The maximum Gasteiger partial charge on any atom is 0.305 e. The number of aliphatic imine (C=N–C) groups is 1. The van der Waals surface area contributed by atoms with Gasteiger partial charge in [0.15, 0.2) is 18.3 Å². The maximum absolute atomic E-state index is 14.5. The van der Waals surface area contributed by atoms with Gasteiger partial charge in [0, 0.05) is 69.6 Å². The smallest absolute Gasteiger partial charge is 0.305 e. The number of carboxylic acids is 1. The topological polar surface area (TPSA) is 611 Å². The van der Waals surface area contributed by atoms with Crippen LogP contribution in [0.4, 0.5) is 4.39 Å². The zero-order valence-electron chi connectivity index (χ0n) is 71.1. The molecule has 706 valence electrons. The molecule has 7 atom stereocenters. The summed E-state index contributed by atoms with van der Waals surface area (Å²) in [4.78, 5) is 206. The van der Waals surface area contributed by atoms with Crippen molar-refractivity contribution in [3.63, 3.8) is 0 Å². The van der Waals surface area contributed by atoms with Crippen molar-refractivity contribution in [2.24, 2.45) is 21.6 Å². The normalized spacial score (nSPS) is 18.2. The van der Waals surface area contributed by atoms with Gasteiger partial charge in [0.1, 0.15) is 74.5 Å². The molecule has 13 amide bonds. The zero-order chi connectivity index (χ0) is 92.2. The van der Waals surface area contributed by atoms with Crippen LogP contribution in [0.3, 0.4) is 0 Å². The molecule has 18 N–H and O–H groups in total. The lowest BCUT2D eigenvalue weighted by atomic mass is 10.0. The SMILES string of the molecule is CCNC(=O)[C@@H]1CSCC(=O)N[C@@H](CCCCNC(=O)COCC(=O)NCCOCCOCCOCCOCCOCCNC(=O)CO/N=C/c2ccc([18F])cc2)C(=O)N[C@H]2CSSC[C@H](NC(=O)[C@H](CC(=O)O)NC(=O)CNC(=O)[C@H](CCCN=C(N)N)NC2=O)C(=O)N[C@@H](Cc2ccccc2)C(=O)N1.CCOCCOCCOCCNC(=O)COCC(C)=O. The number of thioether (sulfide) groups is 1. The van der Waals surface area contributed by atoms with E-state index in [2.05, 4.69) is 79.3 Å². The number of hydrogen-bond donors (Lipinski definition) is 16. The average molecular weight is 1840 g/mol. The second-order valence-corrected chi connectivity index (χ2v) is 30.7. The number of carbonyl (C=O) groups is 15. The largest absolute Gasteiger partial charge is 0.481 e. The van der Waals surface area contributed by atoms with Gasteiger partial charge in [0.25, 0.3) is 5.91 Å². The molecular weight excluding hydrogens is 1720 g/mol. The van der Waals surface area contributed by atoms with Crippen LogP contribution in [0.2, 0.25) is 0 Å². The highest BCUT2D eigenvalue weighted by atomic mass is 33.1. The van der Waals surface area contributed by atoms with E-state index in [-0.39, 0.29) is 170 Å². The molecule has 2 heterocycles. The summed E-state index contributed by atoms with van der Waals surface area (Å²) in [6.07, 6.45) is 0.591. The molecule has 2 saturated heterocycles. The zero-order valence-corrected chi connectivity index (χ0v) is 73.6. The van der Waals surface area contributed by atoms with Crippen LogP contribution >= 0.6 is 33.3 Å². The number of unbranched alkanes of at least 4 members (excludes halogenated alkanes) is 1. The van der Waals surface area contributed by atoms with Crippen LogP contribution in [-0.4, -0.2) is 356 Å². The Morgan fingerprint density at radius 3 is 1.48 bits per heavy atom. The van der Waals surface area contributed by atoms with Gasteiger partial charge < -0.3 is 138 Å². The molecule has 2 aromatic carbocycles. The molecule has 44 nitrogen and oxygen atoms in total. The van der Waals surface area contributed by atoms with Crippen LogP contribution in [0.25, 0.3) is 0 Å². The number of hydrogen-bond acceptors (Lipinski definition) is 31. The van der Waals surface area contributed by atoms with Crippen molar-refractivity contribution in [2.75, 3.05) is 208 Å². The van der Waals surface area contributed by atoms with E-state index in [1.807, 2.05) is 6.92 Å². The molecule has 4 rings (SSSR count). The average Bonchev–Trinajstić information content (AvgIpc) is 0.957. The number of carbonyl (C=O) groups excluding carboxylic acids is 14. The molecule has 0 saturated carbocycles. The number of benzene rings is 2. The molecule has 126 heavy (non-hydrogen) atoms. The van der Waals surface area contributed by atoms with Crippen LogP contribution in [-0.2, 0) is 131 Å². The highest BCUT2D eigenvalue weighted by molar-refractivity contribution is 8.76. The predicted octanol–water partition coefficient (Wildman–Crippen LogP) is -4.87. The van der Waals surface area contributed by atoms with Crippen molar-refractivity contribution < 1.29 is 134 Å². The van der Waals surface area contributed by atoms with Gasteiger partial charge in [-0.3, -0.25) is 76.9 Å². The highest BCUT2D eigenvalue weighted by Crippen LogP contribution is 2.24. The second kappa shape index (κ2) is 70.1. The minimum Gasteiger partial charge on any atom is -0.481 e. The number of ether oxygens (including phenoxy) is 10. The standard InChI is InChI=1S/C65H97FN16O21S3.C13H25NO6/c1-2-69-59(91)49-38-104-41-56(87)76-46(11-6-7-17-70-53(84)35-102-36-54(85)71-19-21-97-23-25-99-27-29-101-30-28-100-26-24-98-22-20-72-55(86)37-103-75-33-43-13-15-44(66)16-14-43)60(92)81-50-39-105-106-40-51(64(96)79-47(61(93)80-49)31-42-9-4-3-5-10-42)82-62(94)48(32-57(88)89)77-52(83)34-74-58(90)45(78-63(50)95)12-8-18-73-65(67)68;1-3-17-6-7-19-9-8-18-5-4-14-13(16)11-20-10-12(2)15/h3-5,9-10,13-16,33,45-51H,2,6-8,11-12,17-32,34-41H2,1H3,(H,69,91)(H,70,84)(H,71,85)(H,72,86)(H,74,90)(H,76,87)(H,77,83)(H,78,95)(H,79,96)(H,80,93)(H,81,92)(H,82,94)(H,88,89)(H4,67,68,73);3-11H2,1-2H3,(H,14,16)/b75-33+;/t45-,46-,47-,48-,49-,50-,51-;/m0./s1/i66-1;. The minimum absolute atomic E-state index is 0.00193. The number of fused-ring (bicyclic) bond motifs is 5. The van der Waals surface area contributed by atoms with Crippen LogP contribution in [0.15, 0.2) is 64.7 Å². The van der Waals surface area contributed by atoms with E-state index in [0.29, 0.717) is 97.0 Å². The van der Waals surface area contributed by atoms with E-state index in [1.54, 1.807) is 37.3 Å². The van der Waals surface area contributed by atoms with E-state index in [1.165, 1.54) is 37.4 Å². The first-order valence-corrected chi connectivity index (χ1v) is 44.4. The third kappa shape index (κ3) is 56.2. The molecule has 2 aliphatic rings. The third-order valence-electron chi connectivity index (χ3n) is 16.6.